The van der Waals surface area contributed by atoms with E-state index in [1.807, 2.05) is 37.6 Å². The highest BCUT2D eigenvalue weighted by Crippen LogP contribution is 2.39. The number of para-hydroxylation sites is 1. The van der Waals surface area contributed by atoms with Crippen LogP contribution in [-0.4, -0.2) is 18.3 Å². The second-order valence-corrected chi connectivity index (χ2v) is 12.8. The fraction of sp³-hybridized carbons (Fsp3) is 0.0606. The van der Waals surface area contributed by atoms with Crippen LogP contribution in [0.1, 0.15) is 0 Å². The lowest BCUT2D eigenvalue weighted by Crippen LogP contribution is -2.01. The monoisotopic (exact) mass is 483 g/mol. The molecule has 0 N–H and O–H groups in total. The van der Waals surface area contributed by atoms with Crippen LogP contribution in [0, 0.1) is 0 Å². The van der Waals surface area contributed by atoms with E-state index in [9.17, 15) is 4.57 Å². The maximum absolute atomic E-state index is 12.5. The molecule has 0 atom stereocenters. The largest absolute Gasteiger partial charge is 0.319 e. The second-order valence-electron chi connectivity index (χ2n) is 9.55. The zero-order chi connectivity index (χ0) is 24.7. The molecule has 1 heterocycles. The molecule has 6 rings (SSSR count). The van der Waals surface area contributed by atoms with Crippen LogP contribution in [0.25, 0.3) is 55.2 Å². The van der Waals surface area contributed by atoms with Gasteiger partial charge in [0.05, 0.1) is 11.2 Å². The van der Waals surface area contributed by atoms with E-state index in [1.165, 1.54) is 10.9 Å². The van der Waals surface area contributed by atoms with Gasteiger partial charge in [0.2, 0.25) is 0 Å². The number of hydrogen-bond acceptors (Lipinski definition) is 2. The highest BCUT2D eigenvalue weighted by atomic mass is 31.2. The standard InChI is InChI=1S/C33H26NOP/c1-36(2,35)27-20-18-23(19-21-27)25-12-8-13-26(22-25)28-15-9-16-30-32(28)29-14-6-7-17-31(29)34-33(30)24-10-4-3-5-11-24/h3-22H,1-2H3. The first-order valence-corrected chi connectivity index (χ1v) is 14.7. The molecule has 0 bridgehead atoms. The second kappa shape index (κ2) is 8.90. The van der Waals surface area contributed by atoms with Gasteiger partial charge < -0.3 is 4.57 Å². The number of pyridine rings is 1. The third-order valence-corrected chi connectivity index (χ3v) is 8.31. The first-order valence-electron chi connectivity index (χ1n) is 12.1. The Morgan fingerprint density at radius 3 is 1.97 bits per heavy atom. The van der Waals surface area contributed by atoms with Gasteiger partial charge in [0.1, 0.15) is 7.14 Å². The summed E-state index contributed by atoms with van der Waals surface area (Å²) in [6.07, 6.45) is 0. The lowest BCUT2D eigenvalue weighted by atomic mass is 9.91. The third-order valence-electron chi connectivity index (χ3n) is 6.77. The molecule has 0 fully saturated rings. The van der Waals surface area contributed by atoms with E-state index < -0.39 is 7.14 Å². The van der Waals surface area contributed by atoms with E-state index in [1.54, 1.807) is 0 Å². The summed E-state index contributed by atoms with van der Waals surface area (Å²) in [6, 6.07) is 42.1. The Hall–Kier alpha value is -4.00. The van der Waals surface area contributed by atoms with E-state index in [-0.39, 0.29) is 0 Å². The maximum Gasteiger partial charge on any atom is 0.109 e. The number of benzene rings is 5. The smallest absolute Gasteiger partial charge is 0.109 e. The molecule has 6 aromatic rings. The number of nitrogens with zero attached hydrogens (tertiary/aromatic N) is 1. The third kappa shape index (κ3) is 4.04. The zero-order valence-corrected chi connectivity index (χ0v) is 21.2. The van der Waals surface area contributed by atoms with Crippen LogP contribution >= 0.6 is 7.14 Å². The summed E-state index contributed by atoms with van der Waals surface area (Å²) in [5, 5.41) is 4.42. The van der Waals surface area contributed by atoms with Gasteiger partial charge in [-0.25, -0.2) is 4.98 Å². The number of hydrogen-bond donors (Lipinski definition) is 0. The van der Waals surface area contributed by atoms with Crippen LogP contribution in [0.3, 0.4) is 0 Å². The van der Waals surface area contributed by atoms with Crippen LogP contribution in [0.2, 0.25) is 0 Å². The lowest BCUT2D eigenvalue weighted by molar-refractivity contribution is 0.588. The van der Waals surface area contributed by atoms with Gasteiger partial charge in [-0.05, 0) is 47.7 Å². The Balaban J connectivity index is 1.57. The van der Waals surface area contributed by atoms with Crippen molar-refractivity contribution in [1.29, 1.82) is 0 Å². The Bertz CT molecular complexity index is 1770. The van der Waals surface area contributed by atoms with E-state index in [0.29, 0.717) is 0 Å². The number of rotatable bonds is 4. The molecule has 0 amide bonds. The van der Waals surface area contributed by atoms with Crippen molar-refractivity contribution < 1.29 is 4.57 Å². The molecule has 36 heavy (non-hydrogen) atoms. The van der Waals surface area contributed by atoms with Crippen molar-refractivity contribution in [2.75, 3.05) is 13.3 Å². The highest BCUT2D eigenvalue weighted by Gasteiger charge is 2.15. The predicted molar refractivity (Wildman–Crippen MR) is 155 cm³/mol. The molecule has 0 aliphatic rings. The molecule has 5 aromatic carbocycles. The summed E-state index contributed by atoms with van der Waals surface area (Å²) in [7, 11) is -2.27. The van der Waals surface area contributed by atoms with Crippen molar-refractivity contribution in [3.63, 3.8) is 0 Å². The molecule has 0 radical (unpaired) electrons. The summed E-state index contributed by atoms with van der Waals surface area (Å²) in [5.41, 5.74) is 7.71. The lowest BCUT2D eigenvalue weighted by Gasteiger charge is -2.15. The van der Waals surface area contributed by atoms with Crippen molar-refractivity contribution in [2.45, 2.75) is 0 Å². The van der Waals surface area contributed by atoms with E-state index in [0.717, 1.165) is 49.5 Å². The molecule has 3 heteroatoms. The van der Waals surface area contributed by atoms with Crippen molar-refractivity contribution in [3.05, 3.63) is 121 Å². The van der Waals surface area contributed by atoms with Crippen molar-refractivity contribution in [3.8, 4) is 33.5 Å². The molecule has 1 aromatic heterocycles. The minimum Gasteiger partial charge on any atom is -0.319 e. The average molecular weight is 484 g/mol. The van der Waals surface area contributed by atoms with E-state index >= 15 is 0 Å². The molecule has 0 aliphatic carbocycles. The minimum atomic E-state index is -2.27. The van der Waals surface area contributed by atoms with Crippen LogP contribution in [0.5, 0.6) is 0 Å². The molecular weight excluding hydrogens is 457 g/mol. The first-order chi connectivity index (χ1) is 17.5. The molecule has 174 valence electrons. The average Bonchev–Trinajstić information content (AvgIpc) is 2.92. The topological polar surface area (TPSA) is 30.0 Å². The SMILES string of the molecule is CP(C)(=O)c1ccc(-c2cccc(-c3cccc4c(-c5ccccc5)nc5ccccc5c34)c2)cc1. The van der Waals surface area contributed by atoms with Crippen LogP contribution in [0.15, 0.2) is 121 Å². The molecule has 0 saturated heterocycles. The molecule has 2 nitrogen and oxygen atoms in total. The Morgan fingerprint density at radius 1 is 0.556 bits per heavy atom. The summed E-state index contributed by atoms with van der Waals surface area (Å²) in [6.45, 7) is 3.62. The van der Waals surface area contributed by atoms with Crippen molar-refractivity contribution >= 4 is 34.1 Å². The normalized spacial score (nSPS) is 11.7. The van der Waals surface area contributed by atoms with Gasteiger partial charge in [-0.3, -0.25) is 0 Å². The molecule has 0 aliphatic heterocycles. The van der Waals surface area contributed by atoms with Crippen molar-refractivity contribution in [2.24, 2.45) is 0 Å². The van der Waals surface area contributed by atoms with E-state index in [2.05, 4.69) is 97.1 Å². The van der Waals surface area contributed by atoms with Gasteiger partial charge in [-0.2, -0.15) is 0 Å². The quantitative estimate of drug-likeness (QED) is 0.186. The minimum absolute atomic E-state index is 0.906. The molecule has 0 spiro atoms. The van der Waals surface area contributed by atoms with E-state index in [4.69, 9.17) is 4.98 Å². The number of fused-ring (bicyclic) bond motifs is 3. The number of aromatic nitrogens is 1. The molecule has 0 unspecified atom stereocenters. The van der Waals surface area contributed by atoms with Crippen molar-refractivity contribution in [1.82, 2.24) is 4.98 Å². The summed E-state index contributed by atoms with van der Waals surface area (Å²) >= 11 is 0. The molecule has 0 saturated carbocycles. The highest BCUT2D eigenvalue weighted by molar-refractivity contribution is 7.70. The summed E-state index contributed by atoms with van der Waals surface area (Å²) < 4.78 is 12.5. The Morgan fingerprint density at radius 2 is 1.19 bits per heavy atom. The molecular formula is C33H26NOP. The maximum atomic E-state index is 12.5. The van der Waals surface area contributed by atoms with Crippen LogP contribution in [-0.2, 0) is 4.57 Å². The van der Waals surface area contributed by atoms with Gasteiger partial charge in [0, 0.05) is 27.0 Å². The fourth-order valence-electron chi connectivity index (χ4n) is 4.94. The van der Waals surface area contributed by atoms with Gasteiger partial charge >= 0.3 is 0 Å². The fourth-order valence-corrected chi connectivity index (χ4v) is 5.81. The van der Waals surface area contributed by atoms with Crippen LogP contribution in [0.4, 0.5) is 0 Å². The van der Waals surface area contributed by atoms with Gasteiger partial charge in [0.25, 0.3) is 0 Å². The van der Waals surface area contributed by atoms with Gasteiger partial charge in [-0.15, -0.1) is 0 Å². The summed E-state index contributed by atoms with van der Waals surface area (Å²) in [5.74, 6) is 0. The Kier molecular flexibility index (Phi) is 5.55. The van der Waals surface area contributed by atoms with Gasteiger partial charge in [0.15, 0.2) is 0 Å². The Labute approximate surface area is 211 Å². The summed E-state index contributed by atoms with van der Waals surface area (Å²) in [4.78, 5) is 5.08. The predicted octanol–water partition coefficient (Wildman–Crippen LogP) is 8.64. The first kappa shape index (κ1) is 22.5. The van der Waals surface area contributed by atoms with Gasteiger partial charge in [-0.1, -0.05) is 109 Å². The van der Waals surface area contributed by atoms with Crippen LogP contribution < -0.4 is 5.30 Å². The zero-order valence-electron chi connectivity index (χ0n) is 20.3.